The fraction of sp³-hybridized carbons (Fsp3) is 1.00. The zero-order valence-electron chi connectivity index (χ0n) is 11.8. The van der Waals surface area contributed by atoms with Crippen LogP contribution in [0.15, 0.2) is 0 Å². The quantitative estimate of drug-likeness (QED) is 0.673. The van der Waals surface area contributed by atoms with Crippen LogP contribution in [-0.2, 0) is 8.23 Å². The molecule has 0 aromatic carbocycles. The van der Waals surface area contributed by atoms with E-state index in [1.165, 1.54) is 12.8 Å². The predicted molar refractivity (Wildman–Crippen MR) is 74.3 cm³/mol. The minimum atomic E-state index is -2.71. The molecule has 0 amide bonds. The van der Waals surface area contributed by atoms with Gasteiger partial charge in [-0.1, -0.05) is 32.9 Å². The molecule has 0 aromatic heterocycles. The average molecular weight is 280 g/mol. The van der Waals surface area contributed by atoms with Crippen molar-refractivity contribution in [3.8, 4) is 0 Å². The maximum atomic E-state index is 11.7. The summed E-state index contributed by atoms with van der Waals surface area (Å²) >= 11 is 0. The first-order chi connectivity index (χ1) is 6.97. The fourth-order valence-electron chi connectivity index (χ4n) is 1.93. The lowest BCUT2D eigenvalue weighted by Crippen LogP contribution is -2.58. The molecular formula is C10H27O3Si3-. The monoisotopic (exact) mass is 279 g/mol. The van der Waals surface area contributed by atoms with Crippen molar-refractivity contribution in [3.63, 3.8) is 0 Å². The topological polar surface area (TPSA) is 41.5 Å². The maximum Gasteiger partial charge on any atom is 0.310 e. The summed E-state index contributed by atoms with van der Waals surface area (Å²) in [7, 11) is -6.57. The van der Waals surface area contributed by atoms with Crippen molar-refractivity contribution in [1.82, 2.24) is 0 Å². The number of unbranched alkanes of at least 4 members (excludes halogenated alkanes) is 1. The van der Waals surface area contributed by atoms with Crippen molar-refractivity contribution < 1.29 is 13.0 Å². The number of rotatable bonds is 7. The lowest BCUT2D eigenvalue weighted by atomic mass is 10.4. The van der Waals surface area contributed by atoms with E-state index < -0.39 is 25.4 Å². The van der Waals surface area contributed by atoms with Crippen LogP contribution in [0.2, 0.25) is 45.3 Å². The molecule has 0 aliphatic carbocycles. The van der Waals surface area contributed by atoms with Crippen molar-refractivity contribution in [1.29, 1.82) is 0 Å². The van der Waals surface area contributed by atoms with Crippen molar-refractivity contribution >= 4 is 25.4 Å². The highest BCUT2D eigenvalue weighted by Crippen LogP contribution is 2.22. The smallest absolute Gasteiger partial charge is 0.310 e. The van der Waals surface area contributed by atoms with Crippen LogP contribution in [0.4, 0.5) is 0 Å². The zero-order chi connectivity index (χ0) is 13.0. The standard InChI is InChI=1S/C10H27O3Si3/c1-8-9-10-14(2,3)12-16(6,7)13-15(4,5)11/h8-10H2,1-7H3/q-1. The van der Waals surface area contributed by atoms with Gasteiger partial charge in [-0.05, 0) is 32.2 Å². The molecule has 16 heavy (non-hydrogen) atoms. The van der Waals surface area contributed by atoms with Crippen molar-refractivity contribution in [3.05, 3.63) is 0 Å². The molecule has 0 aromatic rings. The summed E-state index contributed by atoms with van der Waals surface area (Å²) in [4.78, 5) is 11.7. The van der Waals surface area contributed by atoms with Crippen molar-refractivity contribution in [2.24, 2.45) is 0 Å². The molecule has 0 saturated heterocycles. The second-order valence-corrected chi connectivity index (χ2v) is 17.1. The molecule has 0 heterocycles. The molecule has 6 heteroatoms. The van der Waals surface area contributed by atoms with Gasteiger partial charge in [0.25, 0.3) is 0 Å². The first kappa shape index (κ1) is 16.5. The summed E-state index contributed by atoms with van der Waals surface area (Å²) in [6, 6.07) is 1.16. The van der Waals surface area contributed by atoms with Gasteiger partial charge in [0, 0.05) is 0 Å². The van der Waals surface area contributed by atoms with Gasteiger partial charge in [0.1, 0.15) is 0 Å². The third-order valence-corrected chi connectivity index (χ3v) is 11.8. The Kier molecular flexibility index (Phi) is 6.12. The Morgan fingerprint density at radius 1 is 0.938 bits per heavy atom. The van der Waals surface area contributed by atoms with Gasteiger partial charge in [0.15, 0.2) is 8.32 Å². The summed E-state index contributed by atoms with van der Waals surface area (Å²) in [5, 5.41) is 0. The molecule has 0 atom stereocenters. The van der Waals surface area contributed by atoms with Crippen LogP contribution in [0, 0.1) is 0 Å². The largest absolute Gasteiger partial charge is 0.839 e. The first-order valence-electron chi connectivity index (χ1n) is 6.08. The van der Waals surface area contributed by atoms with Gasteiger partial charge in [0.2, 0.25) is 0 Å². The van der Waals surface area contributed by atoms with Crippen molar-refractivity contribution in [2.45, 2.75) is 65.1 Å². The molecule has 0 aliphatic rings. The Labute approximate surface area is 104 Å². The van der Waals surface area contributed by atoms with Gasteiger partial charge in [-0.3, -0.25) is 0 Å². The van der Waals surface area contributed by atoms with E-state index in [4.69, 9.17) is 8.23 Å². The van der Waals surface area contributed by atoms with Crippen LogP contribution in [0.1, 0.15) is 19.8 Å². The normalized spacial score (nSPS) is 14.2. The summed E-state index contributed by atoms with van der Waals surface area (Å²) in [6.07, 6.45) is 2.41. The van der Waals surface area contributed by atoms with Crippen LogP contribution in [0.3, 0.4) is 0 Å². The van der Waals surface area contributed by atoms with E-state index in [2.05, 4.69) is 20.0 Å². The summed E-state index contributed by atoms with van der Waals surface area (Å²) < 4.78 is 11.9. The second-order valence-electron chi connectivity index (χ2n) is 5.87. The highest BCUT2D eigenvalue weighted by atomic mass is 28.5. The predicted octanol–water partition coefficient (Wildman–Crippen LogP) is 2.79. The summed E-state index contributed by atoms with van der Waals surface area (Å²) in [5.74, 6) is 0. The molecule has 98 valence electrons. The molecule has 0 N–H and O–H groups in total. The SMILES string of the molecule is CCCC[Si](C)(C)O[Si](C)(C)O[Si](C)(C)[O-]. The van der Waals surface area contributed by atoms with E-state index in [0.29, 0.717) is 0 Å². The molecule has 0 rings (SSSR count). The minimum Gasteiger partial charge on any atom is -0.839 e. The lowest BCUT2D eigenvalue weighted by Gasteiger charge is -2.41. The van der Waals surface area contributed by atoms with Gasteiger partial charge in [-0.15, -0.1) is 0 Å². The fourth-order valence-corrected chi connectivity index (χ4v) is 14.1. The molecule has 3 nitrogen and oxygen atoms in total. The highest BCUT2D eigenvalue weighted by molar-refractivity contribution is 6.85. The Bertz CT molecular complexity index is 212. The van der Waals surface area contributed by atoms with Crippen LogP contribution in [0.5, 0.6) is 0 Å². The summed E-state index contributed by atoms with van der Waals surface area (Å²) in [5.41, 5.74) is 0. The average Bonchev–Trinajstić information content (AvgIpc) is 1.93. The molecule has 0 saturated carbocycles. The van der Waals surface area contributed by atoms with E-state index in [1.807, 2.05) is 13.1 Å². The van der Waals surface area contributed by atoms with Crippen LogP contribution < -0.4 is 4.80 Å². The van der Waals surface area contributed by atoms with E-state index in [0.717, 1.165) is 6.04 Å². The van der Waals surface area contributed by atoms with E-state index in [1.54, 1.807) is 13.1 Å². The number of hydrogen-bond acceptors (Lipinski definition) is 3. The summed E-state index contributed by atoms with van der Waals surface area (Å²) in [6.45, 7) is 14.0. The third kappa shape index (κ3) is 8.66. The maximum absolute atomic E-state index is 11.7. The van der Waals surface area contributed by atoms with E-state index in [-0.39, 0.29) is 0 Å². The van der Waals surface area contributed by atoms with Crippen LogP contribution in [-0.4, -0.2) is 25.4 Å². The Hall–Kier alpha value is 0.531. The van der Waals surface area contributed by atoms with Gasteiger partial charge < -0.3 is 13.0 Å². The minimum absolute atomic E-state index is 1.16. The molecule has 0 aliphatic heterocycles. The zero-order valence-corrected chi connectivity index (χ0v) is 14.8. The molecule has 0 radical (unpaired) electrons. The highest BCUT2D eigenvalue weighted by Gasteiger charge is 2.35. The molecule has 0 fully saturated rings. The number of hydrogen-bond donors (Lipinski definition) is 0. The lowest BCUT2D eigenvalue weighted by molar-refractivity contribution is -0.228. The van der Waals surface area contributed by atoms with Crippen LogP contribution in [0.25, 0.3) is 0 Å². The van der Waals surface area contributed by atoms with Gasteiger partial charge >= 0.3 is 8.56 Å². The van der Waals surface area contributed by atoms with Gasteiger partial charge in [-0.2, -0.15) is 0 Å². The van der Waals surface area contributed by atoms with Crippen LogP contribution >= 0.6 is 0 Å². The van der Waals surface area contributed by atoms with E-state index >= 15 is 0 Å². The molecule has 0 unspecified atom stereocenters. The first-order valence-corrected chi connectivity index (χ1v) is 14.8. The molecule has 0 spiro atoms. The Morgan fingerprint density at radius 3 is 1.81 bits per heavy atom. The van der Waals surface area contributed by atoms with Gasteiger partial charge in [0.05, 0.1) is 8.56 Å². The van der Waals surface area contributed by atoms with E-state index in [9.17, 15) is 4.80 Å². The second kappa shape index (κ2) is 5.92. The Balaban J connectivity index is 4.33. The van der Waals surface area contributed by atoms with Crippen molar-refractivity contribution in [2.75, 3.05) is 0 Å². The molecule has 0 bridgehead atoms. The Morgan fingerprint density at radius 2 is 1.44 bits per heavy atom. The third-order valence-electron chi connectivity index (χ3n) is 2.15. The van der Waals surface area contributed by atoms with Gasteiger partial charge in [-0.25, -0.2) is 0 Å². The molecular weight excluding hydrogens is 252 g/mol.